The third-order valence-electron chi connectivity index (χ3n) is 2.43. The van der Waals surface area contributed by atoms with Crippen LogP contribution in [0.15, 0.2) is 18.2 Å². The van der Waals surface area contributed by atoms with Crippen LogP contribution in [0.4, 0.5) is 5.69 Å². The molecule has 1 atom stereocenters. The van der Waals surface area contributed by atoms with E-state index in [0.29, 0.717) is 17.1 Å². The van der Waals surface area contributed by atoms with E-state index in [0.717, 1.165) is 6.42 Å². The van der Waals surface area contributed by atoms with Crippen molar-refractivity contribution in [3.8, 4) is 12.3 Å². The monoisotopic (exact) mass is 251 g/mol. The summed E-state index contributed by atoms with van der Waals surface area (Å²) < 4.78 is 0. The Morgan fingerprint density at radius 2 is 2.35 bits per heavy atom. The number of nitrogens with one attached hydrogen (secondary N) is 1. The van der Waals surface area contributed by atoms with Crippen LogP contribution < -0.4 is 5.32 Å². The molecule has 1 rings (SSSR count). The first-order valence-electron chi connectivity index (χ1n) is 5.31. The molecule has 0 aliphatic heterocycles. The van der Waals surface area contributed by atoms with Gasteiger partial charge in [-0.2, -0.15) is 0 Å². The molecule has 17 heavy (non-hydrogen) atoms. The van der Waals surface area contributed by atoms with Crippen LogP contribution in [-0.2, 0) is 0 Å². The normalized spacial score (nSPS) is 11.6. The van der Waals surface area contributed by atoms with Gasteiger partial charge in [-0.15, -0.1) is 12.3 Å². The second kappa shape index (κ2) is 6.17. The SMILES string of the molecule is C#CCC(CC)Nc1ccc(Cl)cc1C(=O)O. The highest BCUT2D eigenvalue weighted by molar-refractivity contribution is 6.31. The number of hydrogen-bond acceptors (Lipinski definition) is 2. The number of hydrogen-bond donors (Lipinski definition) is 2. The van der Waals surface area contributed by atoms with Crippen molar-refractivity contribution in [2.75, 3.05) is 5.32 Å². The molecule has 0 amide bonds. The van der Waals surface area contributed by atoms with E-state index in [1.54, 1.807) is 12.1 Å². The Labute approximate surface area is 106 Å². The van der Waals surface area contributed by atoms with Crippen LogP contribution in [0.5, 0.6) is 0 Å². The Morgan fingerprint density at radius 3 is 2.88 bits per heavy atom. The third-order valence-corrected chi connectivity index (χ3v) is 2.66. The number of carboxylic acid groups (broad SMARTS) is 1. The van der Waals surface area contributed by atoms with E-state index >= 15 is 0 Å². The molecule has 0 saturated heterocycles. The minimum atomic E-state index is -1.01. The van der Waals surface area contributed by atoms with Gasteiger partial charge in [-0.25, -0.2) is 4.79 Å². The first-order chi connectivity index (χ1) is 8.08. The number of halogens is 1. The molecule has 90 valence electrons. The molecule has 4 heteroatoms. The van der Waals surface area contributed by atoms with Gasteiger partial charge in [0.1, 0.15) is 0 Å². The number of anilines is 1. The standard InChI is InChI=1S/C13H14ClNO2/c1-3-5-10(4-2)15-12-7-6-9(14)8-11(12)13(16)17/h1,6-8,10,15H,4-5H2,2H3,(H,16,17). The van der Waals surface area contributed by atoms with Crippen molar-refractivity contribution in [1.82, 2.24) is 0 Å². The van der Waals surface area contributed by atoms with E-state index in [2.05, 4.69) is 11.2 Å². The molecule has 0 bridgehead atoms. The highest BCUT2D eigenvalue weighted by atomic mass is 35.5. The fraction of sp³-hybridized carbons (Fsp3) is 0.308. The van der Waals surface area contributed by atoms with Crippen molar-refractivity contribution >= 4 is 23.3 Å². The van der Waals surface area contributed by atoms with Gasteiger partial charge in [0.2, 0.25) is 0 Å². The lowest BCUT2D eigenvalue weighted by Crippen LogP contribution is -2.19. The van der Waals surface area contributed by atoms with Crippen LogP contribution in [0.25, 0.3) is 0 Å². The lowest BCUT2D eigenvalue weighted by atomic mass is 10.1. The summed E-state index contributed by atoms with van der Waals surface area (Å²) in [5.41, 5.74) is 0.706. The first-order valence-corrected chi connectivity index (χ1v) is 5.69. The molecule has 0 spiro atoms. The van der Waals surface area contributed by atoms with E-state index in [9.17, 15) is 4.79 Å². The Kier molecular flexibility index (Phi) is 4.86. The fourth-order valence-electron chi connectivity index (χ4n) is 1.48. The molecule has 0 saturated carbocycles. The minimum Gasteiger partial charge on any atom is -0.478 e. The first kappa shape index (κ1) is 13.4. The fourth-order valence-corrected chi connectivity index (χ4v) is 1.65. The molecule has 0 aromatic heterocycles. The van der Waals surface area contributed by atoms with Gasteiger partial charge in [-0.3, -0.25) is 0 Å². The predicted octanol–water partition coefficient (Wildman–Crippen LogP) is 3.25. The lowest BCUT2D eigenvalue weighted by Gasteiger charge is -2.17. The molecule has 1 aromatic rings. The van der Waals surface area contributed by atoms with E-state index in [1.807, 2.05) is 6.92 Å². The molecule has 2 N–H and O–H groups in total. The van der Waals surface area contributed by atoms with Crippen LogP contribution in [-0.4, -0.2) is 17.1 Å². The molecule has 0 fully saturated rings. The maximum atomic E-state index is 11.1. The summed E-state index contributed by atoms with van der Waals surface area (Å²) in [5.74, 6) is 1.55. The average molecular weight is 252 g/mol. The zero-order chi connectivity index (χ0) is 12.8. The highest BCUT2D eigenvalue weighted by Gasteiger charge is 2.13. The average Bonchev–Trinajstić information content (AvgIpc) is 2.30. The summed E-state index contributed by atoms with van der Waals surface area (Å²) in [6.45, 7) is 1.99. The largest absolute Gasteiger partial charge is 0.478 e. The van der Waals surface area contributed by atoms with Gasteiger partial charge >= 0.3 is 5.97 Å². The lowest BCUT2D eigenvalue weighted by molar-refractivity contribution is 0.0698. The number of aromatic carboxylic acids is 1. The van der Waals surface area contributed by atoms with Crippen LogP contribution >= 0.6 is 11.6 Å². The summed E-state index contributed by atoms with van der Waals surface area (Å²) in [6, 6.07) is 4.80. The van der Waals surface area contributed by atoms with Crippen molar-refractivity contribution in [2.45, 2.75) is 25.8 Å². The van der Waals surface area contributed by atoms with E-state index in [-0.39, 0.29) is 11.6 Å². The van der Waals surface area contributed by atoms with Gasteiger partial charge in [0.15, 0.2) is 0 Å². The molecule has 3 nitrogen and oxygen atoms in total. The van der Waals surface area contributed by atoms with Gasteiger partial charge in [0, 0.05) is 23.2 Å². The van der Waals surface area contributed by atoms with Crippen LogP contribution in [0, 0.1) is 12.3 Å². The molecular weight excluding hydrogens is 238 g/mol. The van der Waals surface area contributed by atoms with Gasteiger partial charge in [-0.1, -0.05) is 18.5 Å². The smallest absolute Gasteiger partial charge is 0.337 e. The molecule has 0 aliphatic carbocycles. The van der Waals surface area contributed by atoms with Gasteiger partial charge in [0.25, 0.3) is 0 Å². The highest BCUT2D eigenvalue weighted by Crippen LogP contribution is 2.22. The van der Waals surface area contributed by atoms with Crippen molar-refractivity contribution in [3.05, 3.63) is 28.8 Å². The van der Waals surface area contributed by atoms with Crippen molar-refractivity contribution < 1.29 is 9.90 Å². The zero-order valence-electron chi connectivity index (χ0n) is 9.53. The summed E-state index contributed by atoms with van der Waals surface area (Å²) in [7, 11) is 0. The molecule has 0 radical (unpaired) electrons. The zero-order valence-corrected chi connectivity index (χ0v) is 10.3. The van der Waals surface area contributed by atoms with Crippen molar-refractivity contribution in [3.63, 3.8) is 0 Å². The number of carboxylic acids is 1. The number of terminal acetylenes is 1. The second-order valence-corrected chi connectivity index (χ2v) is 4.09. The van der Waals surface area contributed by atoms with E-state index < -0.39 is 5.97 Å². The van der Waals surface area contributed by atoms with Gasteiger partial charge in [-0.05, 0) is 24.6 Å². The summed E-state index contributed by atoms with van der Waals surface area (Å²) in [6.07, 6.45) is 6.63. The maximum Gasteiger partial charge on any atom is 0.337 e. The minimum absolute atomic E-state index is 0.0688. The maximum absolute atomic E-state index is 11.1. The summed E-state index contributed by atoms with van der Waals surface area (Å²) in [4.78, 5) is 11.1. The van der Waals surface area contributed by atoms with Crippen LogP contribution in [0.3, 0.4) is 0 Å². The molecule has 0 aliphatic rings. The topological polar surface area (TPSA) is 49.3 Å². The molecule has 0 heterocycles. The molecule has 1 aromatic carbocycles. The molecule has 1 unspecified atom stereocenters. The Morgan fingerprint density at radius 1 is 1.65 bits per heavy atom. The molecular formula is C13H14ClNO2. The van der Waals surface area contributed by atoms with Gasteiger partial charge < -0.3 is 10.4 Å². The van der Waals surface area contributed by atoms with Crippen LogP contribution in [0.2, 0.25) is 5.02 Å². The number of benzene rings is 1. The Bertz CT molecular complexity index is 451. The summed E-state index contributed by atoms with van der Waals surface area (Å²) in [5, 5.41) is 12.6. The van der Waals surface area contributed by atoms with E-state index in [4.69, 9.17) is 23.1 Å². The van der Waals surface area contributed by atoms with Crippen molar-refractivity contribution in [1.29, 1.82) is 0 Å². The Balaban J connectivity index is 2.97. The Hall–Kier alpha value is -1.66. The second-order valence-electron chi connectivity index (χ2n) is 3.65. The van der Waals surface area contributed by atoms with Crippen LogP contribution in [0.1, 0.15) is 30.1 Å². The van der Waals surface area contributed by atoms with Gasteiger partial charge in [0.05, 0.1) is 5.56 Å². The number of carbonyl (C=O) groups is 1. The predicted molar refractivity (Wildman–Crippen MR) is 69.6 cm³/mol. The summed E-state index contributed by atoms with van der Waals surface area (Å²) >= 11 is 5.77. The van der Waals surface area contributed by atoms with Crippen molar-refractivity contribution in [2.24, 2.45) is 0 Å². The number of rotatable bonds is 5. The quantitative estimate of drug-likeness (QED) is 0.790. The third kappa shape index (κ3) is 3.69. The van der Waals surface area contributed by atoms with E-state index in [1.165, 1.54) is 6.07 Å².